The van der Waals surface area contributed by atoms with Crippen LogP contribution in [-0.4, -0.2) is 36.6 Å². The molecule has 1 aromatic rings. The maximum absolute atomic E-state index is 3.63. The molecule has 1 aliphatic carbocycles. The molecule has 2 heteroatoms. The summed E-state index contributed by atoms with van der Waals surface area (Å²) in [6.45, 7) is 3.71. The van der Waals surface area contributed by atoms with Crippen molar-refractivity contribution in [3.63, 3.8) is 0 Å². The van der Waals surface area contributed by atoms with Gasteiger partial charge in [-0.3, -0.25) is 4.90 Å². The Morgan fingerprint density at radius 1 is 1.11 bits per heavy atom. The molecule has 0 amide bonds. The van der Waals surface area contributed by atoms with Crippen molar-refractivity contribution >= 4 is 0 Å². The molecule has 1 aromatic carbocycles. The van der Waals surface area contributed by atoms with Crippen LogP contribution in [0, 0.1) is 0 Å². The molecule has 0 spiro atoms. The van der Waals surface area contributed by atoms with E-state index >= 15 is 0 Å². The highest BCUT2D eigenvalue weighted by Gasteiger charge is 2.30. The Labute approximate surface area is 110 Å². The zero-order valence-electron chi connectivity index (χ0n) is 11.1. The monoisotopic (exact) mass is 244 g/mol. The fourth-order valence-electron chi connectivity index (χ4n) is 2.98. The van der Waals surface area contributed by atoms with Gasteiger partial charge in [-0.1, -0.05) is 30.3 Å². The van der Waals surface area contributed by atoms with E-state index in [1.807, 2.05) is 0 Å². The first-order valence-corrected chi connectivity index (χ1v) is 7.43. The lowest BCUT2D eigenvalue weighted by atomic mass is 10.1. The molecule has 18 heavy (non-hydrogen) atoms. The molecular weight excluding hydrogens is 220 g/mol. The van der Waals surface area contributed by atoms with Crippen LogP contribution in [0.3, 0.4) is 0 Å². The maximum atomic E-state index is 3.63. The second-order valence-electron chi connectivity index (χ2n) is 5.75. The zero-order chi connectivity index (χ0) is 12.2. The van der Waals surface area contributed by atoms with Crippen molar-refractivity contribution in [2.75, 3.05) is 19.6 Å². The second kappa shape index (κ2) is 5.85. The van der Waals surface area contributed by atoms with Gasteiger partial charge in [-0.2, -0.15) is 0 Å². The maximum Gasteiger partial charge on any atom is 0.0195 e. The van der Waals surface area contributed by atoms with Gasteiger partial charge in [0.1, 0.15) is 0 Å². The summed E-state index contributed by atoms with van der Waals surface area (Å²) < 4.78 is 0. The average Bonchev–Trinajstić information content (AvgIpc) is 3.13. The van der Waals surface area contributed by atoms with E-state index in [1.54, 1.807) is 0 Å². The fraction of sp³-hybridized carbons (Fsp3) is 0.625. The van der Waals surface area contributed by atoms with Crippen LogP contribution in [-0.2, 0) is 6.42 Å². The van der Waals surface area contributed by atoms with Crippen LogP contribution < -0.4 is 5.32 Å². The SMILES string of the molecule is c1ccc(CCN(CC2CCCN2)C2CC2)cc1. The molecule has 1 heterocycles. The van der Waals surface area contributed by atoms with Gasteiger partial charge in [0.25, 0.3) is 0 Å². The smallest absolute Gasteiger partial charge is 0.0195 e. The first-order chi connectivity index (χ1) is 8.92. The summed E-state index contributed by atoms with van der Waals surface area (Å²) in [6.07, 6.45) is 6.77. The molecule has 1 saturated carbocycles. The number of hydrogen-bond donors (Lipinski definition) is 1. The highest BCUT2D eigenvalue weighted by Crippen LogP contribution is 2.27. The summed E-state index contributed by atoms with van der Waals surface area (Å²) in [6, 6.07) is 12.5. The number of rotatable bonds is 6. The summed E-state index contributed by atoms with van der Waals surface area (Å²) in [5, 5.41) is 3.63. The molecule has 2 fully saturated rings. The Kier molecular flexibility index (Phi) is 3.96. The normalized spacial score (nSPS) is 23.7. The molecule has 1 aliphatic heterocycles. The number of nitrogens with one attached hydrogen (secondary N) is 1. The molecule has 2 nitrogen and oxygen atoms in total. The highest BCUT2D eigenvalue weighted by molar-refractivity contribution is 5.15. The lowest BCUT2D eigenvalue weighted by Crippen LogP contribution is -2.39. The van der Waals surface area contributed by atoms with Crippen molar-refractivity contribution in [1.82, 2.24) is 10.2 Å². The minimum atomic E-state index is 0.751. The number of benzene rings is 1. The topological polar surface area (TPSA) is 15.3 Å². The predicted octanol–water partition coefficient (Wildman–Crippen LogP) is 2.45. The van der Waals surface area contributed by atoms with Crippen LogP contribution in [0.4, 0.5) is 0 Å². The number of hydrogen-bond acceptors (Lipinski definition) is 2. The Balaban J connectivity index is 1.50. The van der Waals surface area contributed by atoms with E-state index in [2.05, 4.69) is 40.5 Å². The molecule has 1 unspecified atom stereocenters. The summed E-state index contributed by atoms with van der Waals surface area (Å²) in [7, 11) is 0. The van der Waals surface area contributed by atoms with Crippen molar-refractivity contribution in [3.05, 3.63) is 35.9 Å². The van der Waals surface area contributed by atoms with Gasteiger partial charge in [-0.15, -0.1) is 0 Å². The Morgan fingerprint density at radius 2 is 1.94 bits per heavy atom. The van der Waals surface area contributed by atoms with Crippen molar-refractivity contribution in [3.8, 4) is 0 Å². The van der Waals surface area contributed by atoms with Crippen molar-refractivity contribution in [2.45, 2.75) is 44.2 Å². The Morgan fingerprint density at radius 3 is 2.61 bits per heavy atom. The molecule has 2 aliphatic rings. The zero-order valence-corrected chi connectivity index (χ0v) is 11.1. The van der Waals surface area contributed by atoms with Crippen molar-refractivity contribution in [1.29, 1.82) is 0 Å². The van der Waals surface area contributed by atoms with Crippen LogP contribution >= 0.6 is 0 Å². The molecule has 1 atom stereocenters. The molecule has 0 aromatic heterocycles. The minimum absolute atomic E-state index is 0.751. The third-order valence-electron chi connectivity index (χ3n) is 4.21. The molecular formula is C16H24N2. The average molecular weight is 244 g/mol. The van der Waals surface area contributed by atoms with Gasteiger partial charge < -0.3 is 5.32 Å². The summed E-state index contributed by atoms with van der Waals surface area (Å²) in [5.74, 6) is 0. The first kappa shape index (κ1) is 12.2. The minimum Gasteiger partial charge on any atom is -0.313 e. The van der Waals surface area contributed by atoms with Gasteiger partial charge in [0.2, 0.25) is 0 Å². The van der Waals surface area contributed by atoms with E-state index in [-0.39, 0.29) is 0 Å². The summed E-state index contributed by atoms with van der Waals surface area (Å²) in [5.41, 5.74) is 1.47. The lowest BCUT2D eigenvalue weighted by Gasteiger charge is -2.25. The van der Waals surface area contributed by atoms with Crippen molar-refractivity contribution in [2.24, 2.45) is 0 Å². The molecule has 0 bridgehead atoms. The third-order valence-corrected chi connectivity index (χ3v) is 4.21. The van der Waals surface area contributed by atoms with Crippen LogP contribution in [0.2, 0.25) is 0 Å². The van der Waals surface area contributed by atoms with Gasteiger partial charge >= 0.3 is 0 Å². The predicted molar refractivity (Wildman–Crippen MR) is 75.8 cm³/mol. The van der Waals surface area contributed by atoms with Crippen LogP contribution in [0.25, 0.3) is 0 Å². The van der Waals surface area contributed by atoms with Crippen LogP contribution in [0.5, 0.6) is 0 Å². The van der Waals surface area contributed by atoms with Crippen molar-refractivity contribution < 1.29 is 0 Å². The number of nitrogens with zero attached hydrogens (tertiary/aromatic N) is 1. The van der Waals surface area contributed by atoms with E-state index in [1.165, 1.54) is 57.3 Å². The fourth-order valence-corrected chi connectivity index (χ4v) is 2.98. The van der Waals surface area contributed by atoms with E-state index in [0.29, 0.717) is 0 Å². The quantitative estimate of drug-likeness (QED) is 0.827. The summed E-state index contributed by atoms with van der Waals surface area (Å²) in [4.78, 5) is 2.72. The summed E-state index contributed by atoms with van der Waals surface area (Å²) >= 11 is 0. The van der Waals surface area contributed by atoms with E-state index < -0.39 is 0 Å². The molecule has 1 saturated heterocycles. The standard InChI is InChI=1S/C16H24N2/c1-2-5-14(6-3-1)10-12-18(16-8-9-16)13-15-7-4-11-17-15/h1-3,5-6,15-17H,4,7-13H2. The van der Waals surface area contributed by atoms with E-state index in [4.69, 9.17) is 0 Å². The van der Waals surface area contributed by atoms with Gasteiger partial charge in [0.15, 0.2) is 0 Å². The molecule has 1 N–H and O–H groups in total. The van der Waals surface area contributed by atoms with Crippen LogP contribution in [0.15, 0.2) is 30.3 Å². The van der Waals surface area contributed by atoms with Gasteiger partial charge in [0.05, 0.1) is 0 Å². The molecule has 0 radical (unpaired) electrons. The largest absolute Gasteiger partial charge is 0.313 e. The van der Waals surface area contributed by atoms with Gasteiger partial charge in [-0.05, 0) is 44.2 Å². The Hall–Kier alpha value is -0.860. The molecule has 3 rings (SSSR count). The molecule has 98 valence electrons. The van der Waals surface area contributed by atoms with Gasteiger partial charge in [0, 0.05) is 25.2 Å². The van der Waals surface area contributed by atoms with E-state index in [0.717, 1.165) is 12.1 Å². The van der Waals surface area contributed by atoms with Crippen LogP contribution in [0.1, 0.15) is 31.2 Å². The second-order valence-corrected chi connectivity index (χ2v) is 5.75. The Bertz CT molecular complexity index is 353. The van der Waals surface area contributed by atoms with E-state index in [9.17, 15) is 0 Å². The van der Waals surface area contributed by atoms with Gasteiger partial charge in [-0.25, -0.2) is 0 Å². The third kappa shape index (κ3) is 3.33. The lowest BCUT2D eigenvalue weighted by molar-refractivity contribution is 0.242. The first-order valence-electron chi connectivity index (χ1n) is 7.43. The highest BCUT2D eigenvalue weighted by atomic mass is 15.2.